The fourth-order valence-corrected chi connectivity index (χ4v) is 2.34. The van der Waals surface area contributed by atoms with E-state index in [4.69, 9.17) is 5.73 Å². The van der Waals surface area contributed by atoms with Gasteiger partial charge in [-0.2, -0.15) is 0 Å². The van der Waals surface area contributed by atoms with E-state index in [0.29, 0.717) is 18.0 Å². The SMILES string of the molecule is CC(C)C(NC(=O)Cc1ccc(N)cc1)c1ccccc1.Cl. The lowest BCUT2D eigenvalue weighted by molar-refractivity contribution is -0.121. The van der Waals surface area contributed by atoms with Gasteiger partial charge in [0.1, 0.15) is 0 Å². The van der Waals surface area contributed by atoms with Gasteiger partial charge < -0.3 is 11.1 Å². The van der Waals surface area contributed by atoms with E-state index in [1.54, 1.807) is 0 Å². The Morgan fingerprint density at radius 1 is 1.05 bits per heavy atom. The van der Waals surface area contributed by atoms with Crippen molar-refractivity contribution in [3.8, 4) is 0 Å². The Morgan fingerprint density at radius 2 is 1.64 bits per heavy atom. The number of halogens is 1. The van der Waals surface area contributed by atoms with Gasteiger partial charge in [0.05, 0.1) is 12.5 Å². The minimum absolute atomic E-state index is 0. The summed E-state index contributed by atoms with van der Waals surface area (Å²) in [5.74, 6) is 0.366. The third kappa shape index (κ3) is 5.08. The number of carbonyl (C=O) groups excluding carboxylic acids is 1. The highest BCUT2D eigenvalue weighted by Crippen LogP contribution is 2.21. The van der Waals surface area contributed by atoms with Gasteiger partial charge >= 0.3 is 0 Å². The smallest absolute Gasteiger partial charge is 0.224 e. The average molecular weight is 319 g/mol. The lowest BCUT2D eigenvalue weighted by Gasteiger charge is -2.23. The summed E-state index contributed by atoms with van der Waals surface area (Å²) in [6.07, 6.45) is 0.371. The van der Waals surface area contributed by atoms with Gasteiger partial charge in [0.15, 0.2) is 0 Å². The zero-order valence-electron chi connectivity index (χ0n) is 13.0. The highest BCUT2D eigenvalue weighted by molar-refractivity contribution is 5.85. The Bertz CT molecular complexity index is 582. The molecule has 0 bridgehead atoms. The van der Waals surface area contributed by atoms with E-state index in [1.807, 2.05) is 54.6 Å². The summed E-state index contributed by atoms with van der Waals surface area (Å²) in [6.45, 7) is 4.22. The first kappa shape index (κ1) is 18.1. The summed E-state index contributed by atoms with van der Waals surface area (Å²) in [4.78, 5) is 12.2. The maximum atomic E-state index is 12.2. The first-order valence-corrected chi connectivity index (χ1v) is 7.25. The molecule has 1 amide bonds. The fraction of sp³-hybridized carbons (Fsp3) is 0.278. The summed E-state index contributed by atoms with van der Waals surface area (Å²) < 4.78 is 0. The number of carbonyl (C=O) groups is 1. The van der Waals surface area contributed by atoms with E-state index >= 15 is 0 Å². The Morgan fingerprint density at radius 3 is 2.18 bits per heavy atom. The number of nitrogen functional groups attached to an aromatic ring is 1. The molecule has 0 fully saturated rings. The monoisotopic (exact) mass is 318 g/mol. The average Bonchev–Trinajstić information content (AvgIpc) is 2.48. The van der Waals surface area contributed by atoms with Crippen molar-refractivity contribution >= 4 is 24.0 Å². The van der Waals surface area contributed by atoms with Crippen molar-refractivity contribution in [2.45, 2.75) is 26.3 Å². The number of nitrogens with two attached hydrogens (primary N) is 1. The standard InChI is InChI=1S/C18H22N2O.ClH/c1-13(2)18(15-6-4-3-5-7-15)20-17(21)12-14-8-10-16(19)11-9-14;/h3-11,13,18H,12,19H2,1-2H3,(H,20,21);1H. The van der Waals surface area contributed by atoms with Crippen molar-refractivity contribution in [2.24, 2.45) is 5.92 Å². The van der Waals surface area contributed by atoms with Crippen molar-refractivity contribution in [1.82, 2.24) is 5.32 Å². The van der Waals surface area contributed by atoms with Gasteiger partial charge in [-0.1, -0.05) is 56.3 Å². The van der Waals surface area contributed by atoms with Crippen molar-refractivity contribution in [2.75, 3.05) is 5.73 Å². The van der Waals surface area contributed by atoms with Gasteiger partial charge in [-0.25, -0.2) is 0 Å². The Balaban J connectivity index is 0.00000242. The summed E-state index contributed by atoms with van der Waals surface area (Å²) in [5.41, 5.74) is 8.47. The Kier molecular flexibility index (Phi) is 6.93. The first-order chi connectivity index (χ1) is 10.1. The molecular formula is C18H23ClN2O. The minimum Gasteiger partial charge on any atom is -0.399 e. The molecule has 118 valence electrons. The zero-order valence-corrected chi connectivity index (χ0v) is 13.8. The van der Waals surface area contributed by atoms with Crippen LogP contribution in [0.25, 0.3) is 0 Å². The molecule has 2 aromatic carbocycles. The number of hydrogen-bond acceptors (Lipinski definition) is 2. The molecule has 2 aromatic rings. The van der Waals surface area contributed by atoms with E-state index in [-0.39, 0.29) is 24.4 Å². The summed E-state index contributed by atoms with van der Waals surface area (Å²) >= 11 is 0. The molecular weight excluding hydrogens is 296 g/mol. The molecule has 0 aliphatic carbocycles. The van der Waals surface area contributed by atoms with Gasteiger partial charge in [-0.3, -0.25) is 4.79 Å². The van der Waals surface area contributed by atoms with Gasteiger partial charge in [0, 0.05) is 5.69 Å². The molecule has 22 heavy (non-hydrogen) atoms. The second kappa shape index (κ2) is 8.44. The lowest BCUT2D eigenvalue weighted by atomic mass is 9.95. The van der Waals surface area contributed by atoms with Gasteiger partial charge in [-0.15, -0.1) is 12.4 Å². The molecule has 3 N–H and O–H groups in total. The maximum absolute atomic E-state index is 12.2. The van der Waals surface area contributed by atoms with Crippen molar-refractivity contribution in [3.05, 3.63) is 65.7 Å². The van der Waals surface area contributed by atoms with E-state index < -0.39 is 0 Å². The van der Waals surface area contributed by atoms with Gasteiger partial charge in [0.25, 0.3) is 0 Å². The number of rotatable bonds is 5. The van der Waals surface area contributed by atoms with Crippen LogP contribution in [0.2, 0.25) is 0 Å². The predicted octanol–water partition coefficient (Wildman–Crippen LogP) is 3.75. The molecule has 0 aromatic heterocycles. The second-order valence-electron chi connectivity index (χ2n) is 5.62. The van der Waals surface area contributed by atoms with Crippen LogP contribution in [-0.4, -0.2) is 5.91 Å². The Labute approximate surface area is 138 Å². The summed E-state index contributed by atoms with van der Waals surface area (Å²) in [6, 6.07) is 17.5. The van der Waals surface area contributed by atoms with E-state index in [9.17, 15) is 4.79 Å². The summed E-state index contributed by atoms with van der Waals surface area (Å²) in [7, 11) is 0. The lowest BCUT2D eigenvalue weighted by Crippen LogP contribution is -2.32. The van der Waals surface area contributed by atoms with Crippen molar-refractivity contribution < 1.29 is 4.79 Å². The maximum Gasteiger partial charge on any atom is 0.224 e. The molecule has 3 nitrogen and oxygen atoms in total. The number of benzene rings is 2. The highest BCUT2D eigenvalue weighted by atomic mass is 35.5. The van der Waals surface area contributed by atoms with Gasteiger partial charge in [-0.05, 0) is 29.2 Å². The topological polar surface area (TPSA) is 55.1 Å². The number of nitrogens with one attached hydrogen (secondary N) is 1. The number of anilines is 1. The fourth-order valence-electron chi connectivity index (χ4n) is 2.34. The van der Waals surface area contributed by atoms with Crippen molar-refractivity contribution in [1.29, 1.82) is 0 Å². The van der Waals surface area contributed by atoms with Crippen LogP contribution in [0.4, 0.5) is 5.69 Å². The zero-order chi connectivity index (χ0) is 15.2. The third-order valence-corrected chi connectivity index (χ3v) is 3.49. The molecule has 0 aliphatic heterocycles. The molecule has 1 unspecified atom stereocenters. The Hall–Kier alpha value is -2.00. The van der Waals surface area contributed by atoms with E-state index in [1.165, 1.54) is 0 Å². The molecule has 0 spiro atoms. The van der Waals surface area contributed by atoms with Crippen LogP contribution in [0.3, 0.4) is 0 Å². The first-order valence-electron chi connectivity index (χ1n) is 7.25. The molecule has 0 saturated heterocycles. The van der Waals surface area contributed by atoms with Crippen LogP contribution in [0.1, 0.15) is 31.0 Å². The molecule has 4 heteroatoms. The van der Waals surface area contributed by atoms with Crippen LogP contribution in [0.5, 0.6) is 0 Å². The second-order valence-corrected chi connectivity index (χ2v) is 5.62. The quantitative estimate of drug-likeness (QED) is 0.825. The summed E-state index contributed by atoms with van der Waals surface area (Å²) in [5, 5.41) is 3.13. The highest BCUT2D eigenvalue weighted by Gasteiger charge is 2.18. The van der Waals surface area contributed by atoms with Gasteiger partial charge in [0.2, 0.25) is 5.91 Å². The number of amides is 1. The molecule has 2 rings (SSSR count). The van der Waals surface area contributed by atoms with Crippen LogP contribution in [-0.2, 0) is 11.2 Å². The normalized spacial score (nSPS) is 11.6. The minimum atomic E-state index is 0. The molecule has 0 aliphatic rings. The van der Waals surface area contributed by atoms with E-state index in [2.05, 4.69) is 19.2 Å². The molecule has 1 atom stereocenters. The van der Waals surface area contributed by atoms with Crippen LogP contribution < -0.4 is 11.1 Å². The van der Waals surface area contributed by atoms with Crippen molar-refractivity contribution in [3.63, 3.8) is 0 Å². The molecule has 0 saturated carbocycles. The largest absolute Gasteiger partial charge is 0.399 e. The predicted molar refractivity (Wildman–Crippen MR) is 94.0 cm³/mol. The van der Waals surface area contributed by atoms with E-state index in [0.717, 1.165) is 11.1 Å². The van der Waals surface area contributed by atoms with Crippen LogP contribution in [0.15, 0.2) is 54.6 Å². The molecule has 0 radical (unpaired) electrons. The number of hydrogen-bond donors (Lipinski definition) is 2. The molecule has 0 heterocycles. The third-order valence-electron chi connectivity index (χ3n) is 3.49. The van der Waals surface area contributed by atoms with Crippen LogP contribution >= 0.6 is 12.4 Å². The van der Waals surface area contributed by atoms with Crippen LogP contribution in [0, 0.1) is 5.92 Å².